The van der Waals surface area contributed by atoms with Crippen molar-refractivity contribution in [2.45, 2.75) is 39.7 Å². The van der Waals surface area contributed by atoms with Crippen LogP contribution in [-0.4, -0.2) is 24.1 Å². The van der Waals surface area contributed by atoms with Gasteiger partial charge in [-0.3, -0.25) is 0 Å². The predicted molar refractivity (Wildman–Crippen MR) is 84.3 cm³/mol. The van der Waals surface area contributed by atoms with E-state index in [2.05, 4.69) is 26.1 Å². The number of hydrogen-bond acceptors (Lipinski definition) is 2. The Morgan fingerprint density at radius 1 is 1.20 bits per heavy atom. The van der Waals surface area contributed by atoms with Gasteiger partial charge in [-0.2, -0.15) is 11.8 Å². The van der Waals surface area contributed by atoms with Gasteiger partial charge in [0.2, 0.25) is 0 Å². The van der Waals surface area contributed by atoms with Crippen LogP contribution < -0.4 is 5.32 Å². The van der Waals surface area contributed by atoms with Crippen molar-refractivity contribution in [2.24, 2.45) is 5.92 Å². The van der Waals surface area contributed by atoms with Crippen LogP contribution in [0.1, 0.15) is 32.8 Å². The van der Waals surface area contributed by atoms with Gasteiger partial charge in [-0.05, 0) is 42.7 Å². The predicted octanol–water partition coefficient (Wildman–Crippen LogP) is 4.26. The fourth-order valence-electron chi connectivity index (χ4n) is 1.94. The molecule has 0 aliphatic rings. The van der Waals surface area contributed by atoms with Crippen molar-refractivity contribution >= 4 is 11.8 Å². The zero-order valence-electron chi connectivity index (χ0n) is 12.6. The first kappa shape index (κ1) is 17.4. The molecule has 1 unspecified atom stereocenters. The Bertz CT molecular complexity index is 396. The summed E-state index contributed by atoms with van der Waals surface area (Å²) in [6.45, 7) is 7.43. The molecule has 0 radical (unpaired) electrons. The minimum Gasteiger partial charge on any atom is -0.313 e. The standard InChI is InChI=1S/C16H25F2NS/c1-4-7-19-15(11-20-10-12(2)3)8-13-5-6-14(17)9-16(13)18/h5-6,9,12,15,19H,4,7-8,10-11H2,1-3H3. The molecule has 0 amide bonds. The van der Waals surface area contributed by atoms with Crippen LogP contribution in [0.25, 0.3) is 0 Å². The van der Waals surface area contributed by atoms with Crippen LogP contribution in [0.5, 0.6) is 0 Å². The number of thioether (sulfide) groups is 1. The Labute approximate surface area is 125 Å². The lowest BCUT2D eigenvalue weighted by atomic mass is 10.1. The maximum atomic E-state index is 13.7. The van der Waals surface area contributed by atoms with Crippen LogP contribution in [0.3, 0.4) is 0 Å². The van der Waals surface area contributed by atoms with Gasteiger partial charge < -0.3 is 5.32 Å². The van der Waals surface area contributed by atoms with Gasteiger partial charge in [0, 0.05) is 17.9 Å². The summed E-state index contributed by atoms with van der Waals surface area (Å²) in [7, 11) is 0. The molecule has 0 aromatic heterocycles. The van der Waals surface area contributed by atoms with E-state index in [0.717, 1.165) is 30.5 Å². The molecular weight excluding hydrogens is 276 g/mol. The van der Waals surface area contributed by atoms with E-state index in [1.54, 1.807) is 6.07 Å². The van der Waals surface area contributed by atoms with E-state index in [1.165, 1.54) is 6.07 Å². The second-order valence-electron chi connectivity index (χ2n) is 5.52. The van der Waals surface area contributed by atoms with Gasteiger partial charge in [0.25, 0.3) is 0 Å². The van der Waals surface area contributed by atoms with Crippen molar-refractivity contribution < 1.29 is 8.78 Å². The molecule has 20 heavy (non-hydrogen) atoms. The van der Waals surface area contributed by atoms with E-state index >= 15 is 0 Å². The number of hydrogen-bond donors (Lipinski definition) is 1. The average molecular weight is 301 g/mol. The molecule has 114 valence electrons. The van der Waals surface area contributed by atoms with E-state index in [1.807, 2.05) is 11.8 Å². The highest BCUT2D eigenvalue weighted by Crippen LogP contribution is 2.15. The molecule has 1 nitrogen and oxygen atoms in total. The molecule has 1 N–H and O–H groups in total. The SMILES string of the molecule is CCCNC(CSCC(C)C)Cc1ccc(F)cc1F. The van der Waals surface area contributed by atoms with Crippen LogP contribution in [0.15, 0.2) is 18.2 Å². The largest absolute Gasteiger partial charge is 0.313 e. The van der Waals surface area contributed by atoms with Crippen LogP contribution in [-0.2, 0) is 6.42 Å². The molecule has 4 heteroatoms. The van der Waals surface area contributed by atoms with Gasteiger partial charge >= 0.3 is 0 Å². The van der Waals surface area contributed by atoms with Crippen molar-refractivity contribution in [3.05, 3.63) is 35.4 Å². The van der Waals surface area contributed by atoms with Gasteiger partial charge in [0.1, 0.15) is 11.6 Å². The number of nitrogens with one attached hydrogen (secondary N) is 1. The van der Waals surface area contributed by atoms with Crippen LogP contribution in [0, 0.1) is 17.6 Å². The first-order valence-electron chi connectivity index (χ1n) is 7.28. The first-order chi connectivity index (χ1) is 9.52. The number of halogens is 2. The second-order valence-corrected chi connectivity index (χ2v) is 6.60. The highest BCUT2D eigenvalue weighted by atomic mass is 32.2. The summed E-state index contributed by atoms with van der Waals surface area (Å²) in [5.41, 5.74) is 0.588. The van der Waals surface area contributed by atoms with Crippen LogP contribution in [0.4, 0.5) is 8.78 Å². The summed E-state index contributed by atoms with van der Waals surface area (Å²) in [5.74, 6) is 1.76. The smallest absolute Gasteiger partial charge is 0.129 e. The molecule has 1 atom stereocenters. The van der Waals surface area contributed by atoms with E-state index < -0.39 is 11.6 Å². The Balaban J connectivity index is 2.58. The molecule has 0 spiro atoms. The zero-order chi connectivity index (χ0) is 15.0. The molecule has 0 saturated heterocycles. The summed E-state index contributed by atoms with van der Waals surface area (Å²) in [4.78, 5) is 0. The van der Waals surface area contributed by atoms with Gasteiger partial charge in [-0.1, -0.05) is 26.8 Å². The Kier molecular flexibility index (Phi) is 8.15. The number of rotatable bonds is 9. The summed E-state index contributed by atoms with van der Waals surface area (Å²) in [6.07, 6.45) is 1.66. The molecule has 0 bridgehead atoms. The Morgan fingerprint density at radius 2 is 1.95 bits per heavy atom. The molecule has 0 aliphatic carbocycles. The topological polar surface area (TPSA) is 12.0 Å². The summed E-state index contributed by atoms with van der Waals surface area (Å²) < 4.78 is 26.6. The van der Waals surface area contributed by atoms with Crippen molar-refractivity contribution in [1.29, 1.82) is 0 Å². The molecular formula is C16H25F2NS. The zero-order valence-corrected chi connectivity index (χ0v) is 13.4. The highest BCUT2D eigenvalue weighted by molar-refractivity contribution is 7.99. The van der Waals surface area contributed by atoms with E-state index in [-0.39, 0.29) is 6.04 Å². The minimum absolute atomic E-state index is 0.235. The molecule has 0 fully saturated rings. The average Bonchev–Trinajstić information content (AvgIpc) is 2.38. The lowest BCUT2D eigenvalue weighted by molar-refractivity contribution is 0.523. The molecule has 1 rings (SSSR count). The molecule has 0 heterocycles. The van der Waals surface area contributed by atoms with Crippen molar-refractivity contribution in [3.63, 3.8) is 0 Å². The maximum absolute atomic E-state index is 13.7. The van der Waals surface area contributed by atoms with Gasteiger partial charge in [-0.25, -0.2) is 8.78 Å². The normalized spacial score (nSPS) is 12.9. The monoisotopic (exact) mass is 301 g/mol. The van der Waals surface area contributed by atoms with Gasteiger partial charge in [0.15, 0.2) is 0 Å². The van der Waals surface area contributed by atoms with E-state index in [0.29, 0.717) is 17.9 Å². The Hall–Kier alpha value is -0.610. The third-order valence-electron chi connectivity index (χ3n) is 2.93. The van der Waals surface area contributed by atoms with Crippen molar-refractivity contribution in [1.82, 2.24) is 5.32 Å². The second kappa shape index (κ2) is 9.35. The minimum atomic E-state index is -0.515. The van der Waals surface area contributed by atoms with Crippen molar-refractivity contribution in [2.75, 3.05) is 18.1 Å². The summed E-state index contributed by atoms with van der Waals surface area (Å²) >= 11 is 1.89. The quantitative estimate of drug-likeness (QED) is 0.731. The van der Waals surface area contributed by atoms with Gasteiger partial charge in [-0.15, -0.1) is 0 Å². The first-order valence-corrected chi connectivity index (χ1v) is 8.43. The molecule has 1 aromatic carbocycles. The summed E-state index contributed by atoms with van der Waals surface area (Å²) in [6, 6.07) is 4.08. The van der Waals surface area contributed by atoms with Gasteiger partial charge in [0.05, 0.1) is 0 Å². The van der Waals surface area contributed by atoms with Crippen LogP contribution >= 0.6 is 11.8 Å². The summed E-state index contributed by atoms with van der Waals surface area (Å²) in [5, 5.41) is 3.45. The Morgan fingerprint density at radius 3 is 2.55 bits per heavy atom. The lowest BCUT2D eigenvalue weighted by Crippen LogP contribution is -2.34. The molecule has 1 aromatic rings. The fraction of sp³-hybridized carbons (Fsp3) is 0.625. The number of benzene rings is 1. The van der Waals surface area contributed by atoms with Crippen molar-refractivity contribution in [3.8, 4) is 0 Å². The third kappa shape index (κ3) is 6.71. The fourth-order valence-corrected chi connectivity index (χ4v) is 3.06. The maximum Gasteiger partial charge on any atom is 0.129 e. The lowest BCUT2D eigenvalue weighted by Gasteiger charge is -2.19. The molecule has 0 saturated carbocycles. The third-order valence-corrected chi connectivity index (χ3v) is 4.48. The van der Waals surface area contributed by atoms with E-state index in [9.17, 15) is 8.78 Å². The molecule has 0 aliphatic heterocycles. The van der Waals surface area contributed by atoms with E-state index in [4.69, 9.17) is 0 Å². The highest BCUT2D eigenvalue weighted by Gasteiger charge is 2.13. The van der Waals surface area contributed by atoms with Crippen LogP contribution in [0.2, 0.25) is 0 Å².